The molecule has 0 amide bonds. The molecular weight excluding hydrogens is 208 g/mol. The van der Waals surface area contributed by atoms with Gasteiger partial charge in [-0.15, -0.1) is 0 Å². The highest BCUT2D eigenvalue weighted by atomic mass is 19.1. The number of hydrogen-bond donors (Lipinski definition) is 1. The lowest BCUT2D eigenvalue weighted by Gasteiger charge is -2.20. The Balaban J connectivity index is 2.63. The Morgan fingerprint density at radius 1 is 1.25 bits per heavy atom. The number of nitrogens with one attached hydrogen (secondary N) is 1. The first-order chi connectivity index (χ1) is 7.54. The first kappa shape index (κ1) is 13.1. The summed E-state index contributed by atoms with van der Waals surface area (Å²) in [6, 6.07) is 3.95. The molecule has 0 bridgehead atoms. The van der Waals surface area contributed by atoms with Gasteiger partial charge in [0.05, 0.1) is 0 Å². The molecule has 3 heteroatoms. The van der Waals surface area contributed by atoms with Crippen molar-refractivity contribution >= 4 is 0 Å². The molecule has 90 valence electrons. The molecule has 1 aromatic rings. The van der Waals surface area contributed by atoms with Crippen LogP contribution in [0.15, 0.2) is 18.2 Å². The number of halogens is 2. The largest absolute Gasteiger partial charge is 0.317 e. The zero-order chi connectivity index (χ0) is 12.1. The highest BCUT2D eigenvalue weighted by Crippen LogP contribution is 2.15. The van der Waals surface area contributed by atoms with Crippen molar-refractivity contribution < 1.29 is 8.78 Å². The van der Waals surface area contributed by atoms with E-state index in [0.29, 0.717) is 23.9 Å². The van der Waals surface area contributed by atoms with E-state index in [1.807, 2.05) is 7.05 Å². The highest BCUT2D eigenvalue weighted by molar-refractivity contribution is 5.18. The lowest BCUT2D eigenvalue weighted by atomic mass is 9.96. The van der Waals surface area contributed by atoms with E-state index in [9.17, 15) is 8.78 Å². The lowest BCUT2D eigenvalue weighted by Crippen LogP contribution is -2.31. The van der Waals surface area contributed by atoms with Gasteiger partial charge in [0, 0.05) is 6.04 Å². The monoisotopic (exact) mass is 227 g/mol. The summed E-state index contributed by atoms with van der Waals surface area (Å²) < 4.78 is 26.3. The highest BCUT2D eigenvalue weighted by Gasteiger charge is 2.12. The molecule has 0 heterocycles. The quantitative estimate of drug-likeness (QED) is 0.814. The van der Waals surface area contributed by atoms with E-state index in [1.165, 1.54) is 12.1 Å². The molecule has 0 fully saturated rings. The Hall–Kier alpha value is -0.960. The molecule has 0 saturated heterocycles. The minimum atomic E-state index is -0.373. The summed E-state index contributed by atoms with van der Waals surface area (Å²) >= 11 is 0. The standard InChI is InChI=1S/C13H19F2N/c1-9(2)13(16-3)7-4-10-8-11(14)5-6-12(10)15/h5-6,8-9,13,16H,4,7H2,1-3H3. The van der Waals surface area contributed by atoms with Gasteiger partial charge in [0.25, 0.3) is 0 Å². The van der Waals surface area contributed by atoms with Gasteiger partial charge in [0.1, 0.15) is 11.6 Å². The van der Waals surface area contributed by atoms with Gasteiger partial charge >= 0.3 is 0 Å². The second kappa shape index (κ2) is 5.94. The smallest absolute Gasteiger partial charge is 0.126 e. The Morgan fingerprint density at radius 2 is 1.94 bits per heavy atom. The normalized spacial score (nSPS) is 13.1. The van der Waals surface area contributed by atoms with Crippen molar-refractivity contribution in [2.75, 3.05) is 7.05 Å². The molecule has 1 nitrogen and oxygen atoms in total. The lowest BCUT2D eigenvalue weighted by molar-refractivity contribution is 0.400. The van der Waals surface area contributed by atoms with Crippen LogP contribution in [0.4, 0.5) is 8.78 Å². The van der Waals surface area contributed by atoms with Crippen molar-refractivity contribution in [1.82, 2.24) is 5.32 Å². The predicted molar refractivity (Wildman–Crippen MR) is 62.4 cm³/mol. The van der Waals surface area contributed by atoms with E-state index in [4.69, 9.17) is 0 Å². The van der Waals surface area contributed by atoms with Gasteiger partial charge in [0.15, 0.2) is 0 Å². The van der Waals surface area contributed by atoms with Gasteiger partial charge in [-0.3, -0.25) is 0 Å². The average molecular weight is 227 g/mol. The second-order valence-corrected chi connectivity index (χ2v) is 4.41. The summed E-state index contributed by atoms with van der Waals surface area (Å²) in [5.74, 6) is -0.205. The van der Waals surface area contributed by atoms with Crippen LogP contribution in [0.25, 0.3) is 0 Å². The molecule has 1 N–H and O–H groups in total. The summed E-state index contributed by atoms with van der Waals surface area (Å²) in [5.41, 5.74) is 0.459. The molecule has 0 saturated carbocycles. The number of hydrogen-bond acceptors (Lipinski definition) is 1. The third-order valence-electron chi connectivity index (χ3n) is 2.91. The maximum Gasteiger partial charge on any atom is 0.126 e. The second-order valence-electron chi connectivity index (χ2n) is 4.41. The van der Waals surface area contributed by atoms with E-state index in [1.54, 1.807) is 0 Å². The maximum absolute atomic E-state index is 13.3. The molecule has 0 spiro atoms. The molecule has 1 unspecified atom stereocenters. The van der Waals surface area contributed by atoms with Gasteiger partial charge < -0.3 is 5.32 Å². The zero-order valence-corrected chi connectivity index (χ0v) is 10.1. The zero-order valence-electron chi connectivity index (χ0n) is 10.1. The maximum atomic E-state index is 13.3. The summed E-state index contributed by atoms with van der Waals surface area (Å²) in [6.45, 7) is 4.23. The van der Waals surface area contributed by atoms with Crippen molar-refractivity contribution in [3.63, 3.8) is 0 Å². The number of aryl methyl sites for hydroxylation is 1. The minimum absolute atomic E-state index is 0.319. The van der Waals surface area contributed by atoms with Crippen LogP contribution in [0.3, 0.4) is 0 Å². The van der Waals surface area contributed by atoms with Crippen molar-refractivity contribution in [3.8, 4) is 0 Å². The molecule has 16 heavy (non-hydrogen) atoms. The topological polar surface area (TPSA) is 12.0 Å². The number of benzene rings is 1. The van der Waals surface area contributed by atoms with Crippen LogP contribution < -0.4 is 5.32 Å². The molecule has 1 rings (SSSR count). The van der Waals surface area contributed by atoms with Crippen molar-refractivity contribution in [2.24, 2.45) is 5.92 Å². The molecule has 1 atom stereocenters. The first-order valence-electron chi connectivity index (χ1n) is 5.65. The van der Waals surface area contributed by atoms with E-state index in [0.717, 1.165) is 12.5 Å². The summed E-state index contributed by atoms with van der Waals surface area (Å²) in [5, 5.41) is 3.19. The minimum Gasteiger partial charge on any atom is -0.317 e. The summed E-state index contributed by atoms with van der Waals surface area (Å²) in [7, 11) is 1.90. The van der Waals surface area contributed by atoms with Gasteiger partial charge in [-0.05, 0) is 49.6 Å². The Morgan fingerprint density at radius 3 is 2.50 bits per heavy atom. The van der Waals surface area contributed by atoms with Crippen molar-refractivity contribution in [2.45, 2.75) is 32.7 Å². The molecule has 0 aromatic heterocycles. The van der Waals surface area contributed by atoms with E-state index in [-0.39, 0.29) is 11.6 Å². The van der Waals surface area contributed by atoms with Crippen molar-refractivity contribution in [1.29, 1.82) is 0 Å². The Bertz CT molecular complexity index is 337. The fourth-order valence-electron chi connectivity index (χ4n) is 1.86. The molecule has 0 aliphatic heterocycles. The third kappa shape index (κ3) is 3.56. The Kier molecular flexibility index (Phi) is 4.87. The van der Waals surface area contributed by atoms with Crippen molar-refractivity contribution in [3.05, 3.63) is 35.4 Å². The molecule has 0 aliphatic rings. The van der Waals surface area contributed by atoms with Crippen LogP contribution in [0.1, 0.15) is 25.8 Å². The molecule has 1 aromatic carbocycles. The van der Waals surface area contributed by atoms with Crippen LogP contribution in [0, 0.1) is 17.6 Å². The van der Waals surface area contributed by atoms with Gasteiger partial charge in [-0.25, -0.2) is 8.78 Å². The fourth-order valence-corrected chi connectivity index (χ4v) is 1.86. The SMILES string of the molecule is CNC(CCc1cc(F)ccc1F)C(C)C. The van der Waals surface area contributed by atoms with E-state index >= 15 is 0 Å². The van der Waals surface area contributed by atoms with Crippen LogP contribution in [0.2, 0.25) is 0 Å². The van der Waals surface area contributed by atoms with Crippen LogP contribution in [0.5, 0.6) is 0 Å². The third-order valence-corrected chi connectivity index (χ3v) is 2.91. The van der Waals surface area contributed by atoms with Gasteiger partial charge in [0.2, 0.25) is 0 Å². The summed E-state index contributed by atoms with van der Waals surface area (Å²) in [6.07, 6.45) is 1.38. The van der Waals surface area contributed by atoms with Crippen LogP contribution in [-0.2, 0) is 6.42 Å². The first-order valence-corrected chi connectivity index (χ1v) is 5.65. The van der Waals surface area contributed by atoms with E-state index < -0.39 is 0 Å². The van der Waals surface area contributed by atoms with Crippen LogP contribution >= 0.6 is 0 Å². The fraction of sp³-hybridized carbons (Fsp3) is 0.538. The molecular formula is C13H19F2N. The average Bonchev–Trinajstić information content (AvgIpc) is 2.23. The summed E-state index contributed by atoms with van der Waals surface area (Å²) in [4.78, 5) is 0. The van der Waals surface area contributed by atoms with E-state index in [2.05, 4.69) is 19.2 Å². The number of rotatable bonds is 5. The predicted octanol–water partition coefficient (Wildman–Crippen LogP) is 3.14. The van der Waals surface area contributed by atoms with Crippen LogP contribution in [-0.4, -0.2) is 13.1 Å². The van der Waals surface area contributed by atoms with Gasteiger partial charge in [-0.1, -0.05) is 13.8 Å². The molecule has 0 radical (unpaired) electrons. The Labute approximate surface area is 95.9 Å². The molecule has 0 aliphatic carbocycles. The van der Waals surface area contributed by atoms with Gasteiger partial charge in [-0.2, -0.15) is 0 Å².